The van der Waals surface area contributed by atoms with Crippen LogP contribution in [-0.4, -0.2) is 35.7 Å². The first-order valence-corrected chi connectivity index (χ1v) is 8.86. The number of ether oxygens (including phenoxy) is 1. The molecule has 0 unspecified atom stereocenters. The maximum absolute atomic E-state index is 10.8. The predicted octanol–water partition coefficient (Wildman–Crippen LogP) is 3.94. The first-order chi connectivity index (χ1) is 11.2. The summed E-state index contributed by atoms with van der Waals surface area (Å²) in [6.45, 7) is 5.16. The first kappa shape index (κ1) is 17.8. The Bertz CT molecular complexity index is 466. The average Bonchev–Trinajstić information content (AvgIpc) is 2.50. The summed E-state index contributed by atoms with van der Waals surface area (Å²) in [5.41, 5.74) is 1.21. The van der Waals surface area contributed by atoms with E-state index in [1.807, 2.05) is 12.1 Å². The van der Waals surface area contributed by atoms with E-state index in [1.165, 1.54) is 37.7 Å². The number of unbranched alkanes of at least 4 members (excludes halogenated alkanes) is 5. The number of nitrogens with zero attached hydrogens (tertiary/aromatic N) is 1. The van der Waals surface area contributed by atoms with Crippen LogP contribution in [0.5, 0.6) is 5.75 Å². The minimum atomic E-state index is -0.681. The number of benzene rings is 1. The van der Waals surface area contributed by atoms with E-state index in [2.05, 4.69) is 24.0 Å². The fraction of sp³-hybridized carbons (Fsp3) is 0.632. The molecule has 0 atom stereocenters. The highest BCUT2D eigenvalue weighted by atomic mass is 16.5. The number of hydrogen-bond acceptors (Lipinski definition) is 3. The minimum absolute atomic E-state index is 0.185. The van der Waals surface area contributed by atoms with E-state index in [0.717, 1.165) is 25.3 Å². The molecule has 1 aliphatic rings. The van der Waals surface area contributed by atoms with Crippen molar-refractivity contribution < 1.29 is 14.6 Å². The Kier molecular flexibility index (Phi) is 7.40. The molecule has 4 heteroatoms. The Morgan fingerprint density at radius 3 is 2.43 bits per heavy atom. The van der Waals surface area contributed by atoms with E-state index in [4.69, 9.17) is 9.84 Å². The molecule has 0 amide bonds. The number of aliphatic carboxylic acids is 1. The topological polar surface area (TPSA) is 49.8 Å². The van der Waals surface area contributed by atoms with Crippen LogP contribution in [0.4, 0.5) is 0 Å². The van der Waals surface area contributed by atoms with Crippen molar-refractivity contribution in [2.45, 2.75) is 52.0 Å². The zero-order chi connectivity index (χ0) is 16.5. The Morgan fingerprint density at radius 1 is 1.13 bits per heavy atom. The summed E-state index contributed by atoms with van der Waals surface area (Å²) in [5, 5.41) is 8.87. The lowest BCUT2D eigenvalue weighted by molar-refractivity contribution is -0.147. The number of carbonyl (C=O) groups is 1. The van der Waals surface area contributed by atoms with Crippen molar-refractivity contribution in [2.24, 2.45) is 5.92 Å². The maximum atomic E-state index is 10.8. The van der Waals surface area contributed by atoms with Crippen molar-refractivity contribution >= 4 is 5.97 Å². The Balaban J connectivity index is 1.58. The molecule has 1 aromatic carbocycles. The lowest BCUT2D eigenvalue weighted by Crippen LogP contribution is -2.49. The summed E-state index contributed by atoms with van der Waals surface area (Å²) in [6.07, 6.45) is 7.64. The molecule has 1 saturated heterocycles. The number of hydrogen-bond donors (Lipinski definition) is 1. The van der Waals surface area contributed by atoms with E-state index in [-0.39, 0.29) is 5.92 Å². The molecule has 2 rings (SSSR count). The summed E-state index contributed by atoms with van der Waals surface area (Å²) in [4.78, 5) is 12.9. The van der Waals surface area contributed by atoms with Crippen LogP contribution in [-0.2, 0) is 11.3 Å². The van der Waals surface area contributed by atoms with Crippen molar-refractivity contribution in [3.63, 3.8) is 0 Å². The van der Waals surface area contributed by atoms with Gasteiger partial charge >= 0.3 is 5.97 Å². The molecular weight excluding hydrogens is 290 g/mol. The van der Waals surface area contributed by atoms with Crippen molar-refractivity contribution in [1.29, 1.82) is 0 Å². The van der Waals surface area contributed by atoms with Crippen molar-refractivity contribution in [2.75, 3.05) is 19.7 Å². The second kappa shape index (κ2) is 9.56. The van der Waals surface area contributed by atoms with Crippen LogP contribution < -0.4 is 4.74 Å². The zero-order valence-electron chi connectivity index (χ0n) is 14.2. The van der Waals surface area contributed by atoms with E-state index in [0.29, 0.717) is 13.1 Å². The van der Waals surface area contributed by atoms with Gasteiger partial charge in [0.25, 0.3) is 0 Å². The Labute approximate surface area is 139 Å². The normalized spacial score (nSPS) is 15.3. The van der Waals surface area contributed by atoms with Gasteiger partial charge in [0, 0.05) is 19.6 Å². The molecular formula is C19H29NO3. The molecule has 0 radical (unpaired) electrons. The van der Waals surface area contributed by atoms with Crippen LogP contribution in [0.1, 0.15) is 51.0 Å². The Morgan fingerprint density at radius 2 is 1.78 bits per heavy atom. The number of carboxylic acid groups (broad SMARTS) is 1. The molecule has 0 saturated carbocycles. The van der Waals surface area contributed by atoms with Crippen LogP contribution in [0, 0.1) is 5.92 Å². The van der Waals surface area contributed by atoms with Crippen molar-refractivity contribution in [1.82, 2.24) is 4.90 Å². The van der Waals surface area contributed by atoms with E-state index < -0.39 is 5.97 Å². The quantitative estimate of drug-likeness (QED) is 0.628. The highest BCUT2D eigenvalue weighted by Crippen LogP contribution is 2.20. The third-order valence-corrected chi connectivity index (χ3v) is 4.40. The average molecular weight is 319 g/mol. The van der Waals surface area contributed by atoms with E-state index >= 15 is 0 Å². The van der Waals surface area contributed by atoms with Crippen LogP contribution >= 0.6 is 0 Å². The molecule has 0 aromatic heterocycles. The molecule has 128 valence electrons. The van der Waals surface area contributed by atoms with Crippen LogP contribution in [0.3, 0.4) is 0 Å². The van der Waals surface area contributed by atoms with Gasteiger partial charge in [-0.2, -0.15) is 0 Å². The summed E-state index contributed by atoms with van der Waals surface area (Å²) in [7, 11) is 0. The maximum Gasteiger partial charge on any atom is 0.309 e. The summed E-state index contributed by atoms with van der Waals surface area (Å²) in [6, 6.07) is 8.18. The van der Waals surface area contributed by atoms with Crippen LogP contribution in [0.2, 0.25) is 0 Å². The van der Waals surface area contributed by atoms with Gasteiger partial charge in [-0.3, -0.25) is 9.69 Å². The highest BCUT2D eigenvalue weighted by molar-refractivity contribution is 5.71. The fourth-order valence-corrected chi connectivity index (χ4v) is 2.88. The van der Waals surface area contributed by atoms with Crippen LogP contribution in [0.25, 0.3) is 0 Å². The predicted molar refractivity (Wildman–Crippen MR) is 91.7 cm³/mol. The standard InChI is InChI=1S/C19H29NO3/c1-2-3-4-5-6-7-12-23-18-10-8-16(9-11-18)13-20-14-17(15-20)19(21)22/h8-11,17H,2-7,12-15H2,1H3,(H,21,22). The largest absolute Gasteiger partial charge is 0.494 e. The molecule has 1 fully saturated rings. The van der Waals surface area contributed by atoms with Gasteiger partial charge in [0.15, 0.2) is 0 Å². The molecule has 1 aromatic rings. The van der Waals surface area contributed by atoms with Gasteiger partial charge in [-0.1, -0.05) is 51.2 Å². The molecule has 1 N–H and O–H groups in total. The smallest absolute Gasteiger partial charge is 0.309 e. The summed E-state index contributed by atoms with van der Waals surface area (Å²) >= 11 is 0. The SMILES string of the molecule is CCCCCCCCOc1ccc(CN2CC(C(=O)O)C2)cc1. The Hall–Kier alpha value is -1.55. The van der Waals surface area contributed by atoms with Gasteiger partial charge in [-0.05, 0) is 24.1 Å². The molecule has 0 aliphatic carbocycles. The third-order valence-electron chi connectivity index (χ3n) is 4.40. The second-order valence-electron chi connectivity index (χ2n) is 6.49. The molecule has 1 heterocycles. The summed E-state index contributed by atoms with van der Waals surface area (Å²) < 4.78 is 5.77. The molecule has 0 bridgehead atoms. The summed E-state index contributed by atoms with van der Waals surface area (Å²) in [5.74, 6) is 0.0592. The molecule has 23 heavy (non-hydrogen) atoms. The van der Waals surface area contributed by atoms with Gasteiger partial charge in [-0.15, -0.1) is 0 Å². The molecule has 4 nitrogen and oxygen atoms in total. The fourth-order valence-electron chi connectivity index (χ4n) is 2.88. The molecule has 0 spiro atoms. The van der Waals surface area contributed by atoms with Gasteiger partial charge in [0.05, 0.1) is 12.5 Å². The van der Waals surface area contributed by atoms with Gasteiger partial charge < -0.3 is 9.84 Å². The van der Waals surface area contributed by atoms with E-state index in [9.17, 15) is 4.79 Å². The van der Waals surface area contributed by atoms with Gasteiger partial charge in [0.1, 0.15) is 5.75 Å². The van der Waals surface area contributed by atoms with Gasteiger partial charge in [-0.25, -0.2) is 0 Å². The minimum Gasteiger partial charge on any atom is -0.494 e. The number of likely N-dealkylation sites (tertiary alicyclic amines) is 1. The lowest BCUT2D eigenvalue weighted by Gasteiger charge is -2.36. The van der Waals surface area contributed by atoms with Crippen molar-refractivity contribution in [3.8, 4) is 5.75 Å². The molecule has 1 aliphatic heterocycles. The number of carboxylic acids is 1. The lowest BCUT2D eigenvalue weighted by atomic mass is 10.00. The van der Waals surface area contributed by atoms with E-state index in [1.54, 1.807) is 0 Å². The van der Waals surface area contributed by atoms with Crippen molar-refractivity contribution in [3.05, 3.63) is 29.8 Å². The second-order valence-corrected chi connectivity index (χ2v) is 6.49. The third kappa shape index (κ3) is 6.22. The van der Waals surface area contributed by atoms with Gasteiger partial charge in [0.2, 0.25) is 0 Å². The highest BCUT2D eigenvalue weighted by Gasteiger charge is 2.31. The monoisotopic (exact) mass is 319 g/mol. The van der Waals surface area contributed by atoms with Crippen LogP contribution in [0.15, 0.2) is 24.3 Å². The zero-order valence-corrected chi connectivity index (χ0v) is 14.2. The first-order valence-electron chi connectivity index (χ1n) is 8.86. The number of rotatable bonds is 11.